The van der Waals surface area contributed by atoms with E-state index in [1.165, 1.54) is 6.07 Å². The lowest BCUT2D eigenvalue weighted by Gasteiger charge is -2.09. The Balaban J connectivity index is 1.85. The summed E-state index contributed by atoms with van der Waals surface area (Å²) in [5.74, 6) is 0.371. The molecular formula is C10H14ClNO3S2. The molecule has 1 heterocycles. The summed E-state index contributed by atoms with van der Waals surface area (Å²) in [5.41, 5.74) is 0. The molecule has 0 radical (unpaired) electrons. The lowest BCUT2D eigenvalue weighted by Crippen LogP contribution is -2.27. The SMILES string of the molecule is O=S(=O)(NCCC(O)C1CC1)c1ccc(Cl)s1. The monoisotopic (exact) mass is 295 g/mol. The van der Waals surface area contributed by atoms with Gasteiger partial charge in [-0.25, -0.2) is 13.1 Å². The Hall–Kier alpha value is -0.140. The van der Waals surface area contributed by atoms with Crippen molar-refractivity contribution in [3.8, 4) is 0 Å². The van der Waals surface area contributed by atoms with Gasteiger partial charge in [-0.2, -0.15) is 0 Å². The molecule has 0 saturated heterocycles. The largest absolute Gasteiger partial charge is 0.393 e. The van der Waals surface area contributed by atoms with E-state index in [1.54, 1.807) is 6.07 Å². The number of halogens is 1. The molecule has 1 unspecified atom stereocenters. The number of aliphatic hydroxyl groups is 1. The predicted octanol–water partition coefficient (Wildman–Crippen LogP) is 1.84. The summed E-state index contributed by atoms with van der Waals surface area (Å²) in [6.07, 6.45) is 2.18. The maximum Gasteiger partial charge on any atom is 0.250 e. The third-order valence-corrected chi connectivity index (χ3v) is 5.90. The number of hydrogen-bond donors (Lipinski definition) is 2. The molecule has 17 heavy (non-hydrogen) atoms. The van der Waals surface area contributed by atoms with Gasteiger partial charge in [0.15, 0.2) is 0 Å². The zero-order valence-electron chi connectivity index (χ0n) is 9.10. The molecule has 1 aromatic heterocycles. The molecule has 2 N–H and O–H groups in total. The van der Waals surface area contributed by atoms with Gasteiger partial charge in [0, 0.05) is 6.54 Å². The predicted molar refractivity (Wildman–Crippen MR) is 67.9 cm³/mol. The molecule has 1 saturated carbocycles. The second-order valence-corrected chi connectivity index (χ2v) is 7.86. The van der Waals surface area contributed by atoms with Crippen LogP contribution in [0.1, 0.15) is 19.3 Å². The van der Waals surface area contributed by atoms with Crippen LogP contribution in [-0.2, 0) is 10.0 Å². The molecule has 1 aromatic rings. The van der Waals surface area contributed by atoms with Gasteiger partial charge in [0.25, 0.3) is 0 Å². The maximum atomic E-state index is 11.8. The van der Waals surface area contributed by atoms with Crippen molar-refractivity contribution in [2.24, 2.45) is 5.92 Å². The third kappa shape index (κ3) is 3.66. The average molecular weight is 296 g/mol. The van der Waals surface area contributed by atoms with Crippen LogP contribution in [0.25, 0.3) is 0 Å². The quantitative estimate of drug-likeness (QED) is 0.841. The van der Waals surface area contributed by atoms with Crippen molar-refractivity contribution in [1.29, 1.82) is 0 Å². The lowest BCUT2D eigenvalue weighted by atomic mass is 10.2. The molecule has 0 aliphatic heterocycles. The standard InChI is InChI=1S/C10H14ClNO3S2/c11-9-3-4-10(16-9)17(14,15)12-6-5-8(13)7-1-2-7/h3-4,7-8,12-13H,1-2,5-6H2. The zero-order valence-corrected chi connectivity index (χ0v) is 11.5. The van der Waals surface area contributed by atoms with E-state index in [0.29, 0.717) is 16.7 Å². The van der Waals surface area contributed by atoms with Crippen LogP contribution in [0.4, 0.5) is 0 Å². The van der Waals surface area contributed by atoms with Gasteiger partial charge < -0.3 is 5.11 Å². The average Bonchev–Trinajstić information content (AvgIpc) is 3.01. The molecule has 1 aliphatic carbocycles. The van der Waals surface area contributed by atoms with Gasteiger partial charge in [-0.3, -0.25) is 0 Å². The van der Waals surface area contributed by atoms with Gasteiger partial charge in [0.2, 0.25) is 10.0 Å². The summed E-state index contributed by atoms with van der Waals surface area (Å²) in [5, 5.41) is 9.61. The number of aliphatic hydroxyl groups excluding tert-OH is 1. The summed E-state index contributed by atoms with van der Waals surface area (Å²) in [4.78, 5) is 0. The van der Waals surface area contributed by atoms with Crippen LogP contribution in [0, 0.1) is 5.92 Å². The van der Waals surface area contributed by atoms with Gasteiger partial charge in [0.1, 0.15) is 4.21 Å². The fourth-order valence-electron chi connectivity index (χ4n) is 1.57. The molecule has 96 valence electrons. The first-order valence-corrected chi connectivity index (χ1v) is 8.10. The maximum absolute atomic E-state index is 11.8. The van der Waals surface area contributed by atoms with Crippen LogP contribution in [0.15, 0.2) is 16.3 Å². The summed E-state index contributed by atoms with van der Waals surface area (Å²) in [6, 6.07) is 3.03. The number of sulfonamides is 1. The van der Waals surface area contributed by atoms with E-state index in [2.05, 4.69) is 4.72 Å². The van der Waals surface area contributed by atoms with Crippen LogP contribution in [-0.4, -0.2) is 26.2 Å². The molecule has 1 aliphatic rings. The van der Waals surface area contributed by atoms with Gasteiger partial charge in [-0.05, 0) is 37.3 Å². The van der Waals surface area contributed by atoms with Crippen LogP contribution < -0.4 is 4.72 Å². The summed E-state index contributed by atoms with van der Waals surface area (Å²) >= 11 is 6.71. The van der Waals surface area contributed by atoms with Crippen molar-refractivity contribution in [1.82, 2.24) is 4.72 Å². The van der Waals surface area contributed by atoms with Crippen LogP contribution in [0.5, 0.6) is 0 Å². The van der Waals surface area contributed by atoms with Crippen molar-refractivity contribution in [2.45, 2.75) is 29.6 Å². The van der Waals surface area contributed by atoms with Crippen molar-refractivity contribution in [3.05, 3.63) is 16.5 Å². The number of rotatable bonds is 6. The fraction of sp³-hybridized carbons (Fsp3) is 0.600. The minimum atomic E-state index is -3.47. The van der Waals surface area contributed by atoms with Gasteiger partial charge in [-0.1, -0.05) is 11.6 Å². The number of thiophene rings is 1. The number of hydrogen-bond acceptors (Lipinski definition) is 4. The Morgan fingerprint density at radius 3 is 2.76 bits per heavy atom. The van der Waals surface area contributed by atoms with Crippen LogP contribution >= 0.6 is 22.9 Å². The second kappa shape index (κ2) is 5.24. The normalized spacial score (nSPS) is 18.2. The molecule has 1 fully saturated rings. The second-order valence-electron chi connectivity index (χ2n) is 4.15. The third-order valence-electron chi connectivity index (χ3n) is 2.71. The minimum Gasteiger partial charge on any atom is -0.393 e. The van der Waals surface area contributed by atoms with E-state index >= 15 is 0 Å². The molecule has 7 heteroatoms. The van der Waals surface area contributed by atoms with Gasteiger partial charge in [-0.15, -0.1) is 11.3 Å². The first-order valence-electron chi connectivity index (χ1n) is 5.42. The molecule has 0 aromatic carbocycles. The smallest absolute Gasteiger partial charge is 0.250 e. The summed E-state index contributed by atoms with van der Waals surface area (Å²) in [7, 11) is -3.47. The zero-order chi connectivity index (χ0) is 12.5. The van der Waals surface area contributed by atoms with E-state index in [1.807, 2.05) is 0 Å². The Morgan fingerprint density at radius 1 is 1.53 bits per heavy atom. The Labute approximate surface area is 110 Å². The first kappa shape index (κ1) is 13.3. The Morgan fingerprint density at radius 2 is 2.24 bits per heavy atom. The molecule has 0 bridgehead atoms. The van der Waals surface area contributed by atoms with Crippen molar-refractivity contribution in [2.75, 3.05) is 6.54 Å². The first-order chi connectivity index (χ1) is 7.99. The van der Waals surface area contributed by atoms with E-state index < -0.39 is 10.0 Å². The Bertz CT molecular complexity index is 481. The molecular weight excluding hydrogens is 282 g/mol. The molecule has 0 spiro atoms. The van der Waals surface area contributed by atoms with Crippen molar-refractivity contribution < 1.29 is 13.5 Å². The highest BCUT2D eigenvalue weighted by atomic mass is 35.5. The summed E-state index contributed by atoms with van der Waals surface area (Å²) in [6.45, 7) is 0.259. The van der Waals surface area contributed by atoms with E-state index in [-0.39, 0.29) is 16.9 Å². The van der Waals surface area contributed by atoms with E-state index in [9.17, 15) is 13.5 Å². The highest BCUT2D eigenvalue weighted by molar-refractivity contribution is 7.91. The molecule has 0 amide bonds. The fourth-order valence-corrected chi connectivity index (χ4v) is 4.15. The lowest BCUT2D eigenvalue weighted by molar-refractivity contribution is 0.143. The van der Waals surface area contributed by atoms with E-state index in [0.717, 1.165) is 24.2 Å². The molecule has 1 atom stereocenters. The van der Waals surface area contributed by atoms with Crippen molar-refractivity contribution in [3.63, 3.8) is 0 Å². The Kier molecular flexibility index (Phi) is 4.10. The highest BCUT2D eigenvalue weighted by Crippen LogP contribution is 2.33. The van der Waals surface area contributed by atoms with Gasteiger partial charge in [0.05, 0.1) is 10.4 Å². The van der Waals surface area contributed by atoms with Crippen molar-refractivity contribution >= 4 is 33.0 Å². The molecule has 4 nitrogen and oxygen atoms in total. The summed E-state index contributed by atoms with van der Waals surface area (Å²) < 4.78 is 26.7. The van der Waals surface area contributed by atoms with Crippen LogP contribution in [0.2, 0.25) is 4.34 Å². The minimum absolute atomic E-state index is 0.211. The highest BCUT2D eigenvalue weighted by Gasteiger charge is 2.29. The number of nitrogens with one attached hydrogen (secondary N) is 1. The molecule has 2 rings (SSSR count). The van der Waals surface area contributed by atoms with Gasteiger partial charge >= 0.3 is 0 Å². The van der Waals surface area contributed by atoms with Crippen LogP contribution in [0.3, 0.4) is 0 Å². The van der Waals surface area contributed by atoms with E-state index in [4.69, 9.17) is 11.6 Å². The topological polar surface area (TPSA) is 66.4 Å².